The summed E-state index contributed by atoms with van der Waals surface area (Å²) in [5.41, 5.74) is -0.328. The van der Waals surface area contributed by atoms with Crippen molar-refractivity contribution in [1.82, 2.24) is 19.5 Å². The molecule has 9 heteroatoms. The molecule has 0 bridgehead atoms. The Balaban J connectivity index is 2.66. The molecule has 0 aliphatic carbocycles. The number of aryl methyl sites for hydroxylation is 1. The monoisotopic (exact) mass is 304 g/mol. The van der Waals surface area contributed by atoms with Gasteiger partial charge in [0.05, 0.1) is 17.7 Å². The predicted octanol–water partition coefficient (Wildman–Crippen LogP) is 1.20. The van der Waals surface area contributed by atoms with Crippen LogP contribution in [0.3, 0.4) is 0 Å². The number of aromatic hydroxyl groups is 1. The zero-order valence-electron chi connectivity index (χ0n) is 11.7. The maximum absolute atomic E-state index is 12.5. The number of hydrogen-bond acceptors (Lipinski definition) is 4. The van der Waals surface area contributed by atoms with Gasteiger partial charge in [-0.1, -0.05) is 0 Å². The number of aromatic amines is 1. The second kappa shape index (κ2) is 5.06. The van der Waals surface area contributed by atoms with Gasteiger partial charge < -0.3 is 15.0 Å². The summed E-state index contributed by atoms with van der Waals surface area (Å²) in [5, 5.41) is 13.9. The van der Waals surface area contributed by atoms with Crippen LogP contribution in [0.4, 0.5) is 13.2 Å². The molecule has 2 heterocycles. The van der Waals surface area contributed by atoms with E-state index in [1.54, 1.807) is 21.0 Å². The Morgan fingerprint density at radius 2 is 1.95 bits per heavy atom. The molecule has 0 aliphatic rings. The first kappa shape index (κ1) is 15.4. The van der Waals surface area contributed by atoms with Gasteiger partial charge in [-0.25, -0.2) is 0 Å². The minimum Gasteiger partial charge on any atom is -0.493 e. The summed E-state index contributed by atoms with van der Waals surface area (Å²) in [5.74, 6) is -0.779. The molecular formula is C12H15F3N4O2. The van der Waals surface area contributed by atoms with Crippen LogP contribution >= 0.6 is 0 Å². The number of rotatable bonds is 3. The lowest BCUT2D eigenvalue weighted by Gasteiger charge is -2.10. The molecule has 2 rings (SSSR count). The van der Waals surface area contributed by atoms with Gasteiger partial charge in [0.1, 0.15) is 5.65 Å². The Labute approximate surface area is 117 Å². The maximum Gasteiger partial charge on any atom is 0.393 e. The summed E-state index contributed by atoms with van der Waals surface area (Å²) in [4.78, 5) is 16.0. The highest BCUT2D eigenvalue weighted by Gasteiger charge is 2.32. The van der Waals surface area contributed by atoms with E-state index >= 15 is 0 Å². The van der Waals surface area contributed by atoms with Crippen LogP contribution in [0.2, 0.25) is 0 Å². The molecule has 0 spiro atoms. The van der Waals surface area contributed by atoms with Crippen LogP contribution in [0.1, 0.15) is 16.8 Å². The van der Waals surface area contributed by atoms with Crippen LogP contribution in [0.25, 0.3) is 5.65 Å². The Morgan fingerprint density at radius 1 is 1.33 bits per heavy atom. The van der Waals surface area contributed by atoms with Crippen LogP contribution in [0, 0.1) is 6.92 Å². The first-order valence-electron chi connectivity index (χ1n) is 6.14. The molecule has 2 aromatic heterocycles. The highest BCUT2D eigenvalue weighted by Crippen LogP contribution is 2.26. The molecule has 2 N–H and O–H groups in total. The molecule has 2 aromatic rings. The van der Waals surface area contributed by atoms with E-state index in [1.807, 2.05) is 4.90 Å². The third-order valence-corrected chi connectivity index (χ3v) is 3.01. The molecule has 0 saturated carbocycles. The molecule has 0 aliphatic heterocycles. The summed E-state index contributed by atoms with van der Waals surface area (Å²) in [7, 11) is 3.61. The first-order valence-corrected chi connectivity index (χ1v) is 6.14. The number of halogens is 3. The van der Waals surface area contributed by atoms with E-state index in [9.17, 15) is 23.1 Å². The van der Waals surface area contributed by atoms with Crippen molar-refractivity contribution >= 4 is 5.65 Å². The lowest BCUT2D eigenvalue weighted by atomic mass is 10.2. The van der Waals surface area contributed by atoms with Gasteiger partial charge >= 0.3 is 6.18 Å². The maximum atomic E-state index is 12.5. The van der Waals surface area contributed by atoms with E-state index in [-0.39, 0.29) is 5.65 Å². The quantitative estimate of drug-likeness (QED) is 0.894. The minimum absolute atomic E-state index is 0.203. The summed E-state index contributed by atoms with van der Waals surface area (Å²) in [6, 6.07) is 0. The van der Waals surface area contributed by atoms with Crippen LogP contribution in [-0.4, -0.2) is 44.9 Å². The smallest absolute Gasteiger partial charge is 0.393 e. The molecular weight excluding hydrogens is 289 g/mol. The van der Waals surface area contributed by atoms with Gasteiger partial charge in [-0.15, -0.1) is 0 Å². The average Bonchev–Trinajstić information content (AvgIpc) is 2.61. The lowest BCUT2D eigenvalue weighted by molar-refractivity contribution is -0.127. The third-order valence-electron chi connectivity index (χ3n) is 3.01. The summed E-state index contributed by atoms with van der Waals surface area (Å²) >= 11 is 0. The molecule has 0 fully saturated rings. The number of alkyl halides is 3. The van der Waals surface area contributed by atoms with Gasteiger partial charge in [-0.2, -0.15) is 22.8 Å². The van der Waals surface area contributed by atoms with Crippen LogP contribution in [0.15, 0.2) is 4.79 Å². The fourth-order valence-corrected chi connectivity index (χ4v) is 2.12. The Hall–Kier alpha value is -2.03. The zero-order valence-corrected chi connectivity index (χ0v) is 11.7. The first-order chi connectivity index (χ1) is 9.60. The van der Waals surface area contributed by atoms with Crippen molar-refractivity contribution in [3.63, 3.8) is 0 Å². The minimum atomic E-state index is -4.59. The SMILES string of the molecule is Cc1nn2c(O)c(CC(F)(F)F)c(=O)[nH]c2c1CN(C)C. The van der Waals surface area contributed by atoms with Crippen molar-refractivity contribution < 1.29 is 18.3 Å². The van der Waals surface area contributed by atoms with Gasteiger partial charge in [0.2, 0.25) is 5.88 Å². The highest BCUT2D eigenvalue weighted by atomic mass is 19.4. The Kier molecular flexibility index (Phi) is 3.70. The number of nitrogens with zero attached hydrogens (tertiary/aromatic N) is 3. The third kappa shape index (κ3) is 3.02. The second-order valence-electron chi connectivity index (χ2n) is 5.11. The topological polar surface area (TPSA) is 73.6 Å². The number of H-pyrrole nitrogens is 1. The van der Waals surface area contributed by atoms with E-state index in [1.165, 1.54) is 0 Å². The molecule has 116 valence electrons. The Bertz CT molecular complexity index is 731. The predicted molar refractivity (Wildman–Crippen MR) is 69.4 cm³/mol. The number of aromatic nitrogens is 3. The van der Waals surface area contributed by atoms with E-state index < -0.39 is 29.6 Å². The van der Waals surface area contributed by atoms with Crippen LogP contribution in [0.5, 0.6) is 5.88 Å². The van der Waals surface area contributed by atoms with Gasteiger partial charge in [-0.3, -0.25) is 4.79 Å². The summed E-state index contributed by atoms with van der Waals surface area (Å²) in [6.07, 6.45) is -6.10. The van der Waals surface area contributed by atoms with E-state index in [2.05, 4.69) is 10.1 Å². The molecule has 0 amide bonds. The molecule has 0 radical (unpaired) electrons. The van der Waals surface area contributed by atoms with Crippen molar-refractivity contribution in [2.24, 2.45) is 0 Å². The molecule has 0 atom stereocenters. The van der Waals surface area contributed by atoms with Crippen LogP contribution < -0.4 is 5.56 Å². The fourth-order valence-electron chi connectivity index (χ4n) is 2.12. The van der Waals surface area contributed by atoms with E-state index in [0.29, 0.717) is 17.8 Å². The largest absolute Gasteiger partial charge is 0.493 e. The summed E-state index contributed by atoms with van der Waals surface area (Å²) < 4.78 is 38.3. The molecule has 21 heavy (non-hydrogen) atoms. The van der Waals surface area contributed by atoms with Gasteiger partial charge in [0.15, 0.2) is 0 Å². The van der Waals surface area contributed by atoms with Crippen molar-refractivity contribution in [1.29, 1.82) is 0 Å². The fraction of sp³-hybridized carbons (Fsp3) is 0.500. The molecule has 6 nitrogen and oxygen atoms in total. The number of hydrogen-bond donors (Lipinski definition) is 2. The van der Waals surface area contributed by atoms with E-state index in [0.717, 1.165) is 4.52 Å². The van der Waals surface area contributed by atoms with Crippen molar-refractivity contribution in [2.75, 3.05) is 14.1 Å². The Morgan fingerprint density at radius 3 is 2.48 bits per heavy atom. The number of nitrogens with one attached hydrogen (secondary N) is 1. The molecule has 0 unspecified atom stereocenters. The van der Waals surface area contributed by atoms with Crippen molar-refractivity contribution in [3.8, 4) is 5.88 Å². The lowest BCUT2D eigenvalue weighted by Crippen LogP contribution is -2.23. The van der Waals surface area contributed by atoms with Crippen molar-refractivity contribution in [2.45, 2.75) is 26.1 Å². The number of fused-ring (bicyclic) bond motifs is 1. The molecule has 0 saturated heterocycles. The standard InChI is InChI=1S/C12H15F3N4O2/c1-6-8(5-18(2)3)9-16-10(20)7(4-12(13,14)15)11(21)19(9)17-6/h21H,4-5H2,1-3H3,(H,16,20). The highest BCUT2D eigenvalue weighted by molar-refractivity contribution is 5.52. The van der Waals surface area contributed by atoms with Gasteiger partial charge in [-0.05, 0) is 21.0 Å². The molecule has 0 aromatic carbocycles. The normalized spacial score (nSPS) is 12.5. The van der Waals surface area contributed by atoms with Crippen LogP contribution in [-0.2, 0) is 13.0 Å². The average molecular weight is 304 g/mol. The zero-order chi connectivity index (χ0) is 15.9. The van der Waals surface area contributed by atoms with Crippen molar-refractivity contribution in [3.05, 3.63) is 27.2 Å². The van der Waals surface area contributed by atoms with E-state index in [4.69, 9.17) is 0 Å². The summed E-state index contributed by atoms with van der Waals surface area (Å²) in [6.45, 7) is 2.09. The van der Waals surface area contributed by atoms with Gasteiger partial charge in [0.25, 0.3) is 5.56 Å². The van der Waals surface area contributed by atoms with Gasteiger partial charge in [0, 0.05) is 12.1 Å². The second-order valence-corrected chi connectivity index (χ2v) is 5.11.